The van der Waals surface area contributed by atoms with Crippen LogP contribution < -0.4 is 15.4 Å². The number of anilines is 2. The molecule has 1 saturated heterocycles. The molecule has 9 heteroatoms. The van der Waals surface area contributed by atoms with Crippen molar-refractivity contribution in [1.29, 1.82) is 0 Å². The van der Waals surface area contributed by atoms with Gasteiger partial charge in [-0.05, 0) is 67.6 Å². The SMILES string of the molecule is Cc1ccc(S(=O)(=O)N2CCCCC2)cc1NC(=O)COc1ccc2c(c1)CCC(=O)N2. The molecule has 0 atom stereocenters. The fourth-order valence-electron chi connectivity index (χ4n) is 3.94. The molecule has 2 heterocycles. The number of nitrogens with one attached hydrogen (secondary N) is 2. The van der Waals surface area contributed by atoms with Crippen molar-refractivity contribution in [3.8, 4) is 5.75 Å². The number of carbonyl (C=O) groups is 2. The second kappa shape index (κ2) is 9.30. The van der Waals surface area contributed by atoms with Gasteiger partial charge in [-0.25, -0.2) is 8.42 Å². The maximum absolute atomic E-state index is 12.9. The molecule has 8 nitrogen and oxygen atoms in total. The number of ether oxygens (including phenoxy) is 1. The fraction of sp³-hybridized carbons (Fsp3) is 0.391. The summed E-state index contributed by atoms with van der Waals surface area (Å²) in [5, 5.41) is 5.57. The Labute approximate surface area is 188 Å². The largest absolute Gasteiger partial charge is 0.484 e. The van der Waals surface area contributed by atoms with Gasteiger partial charge in [-0.15, -0.1) is 0 Å². The second-order valence-electron chi connectivity index (χ2n) is 8.15. The molecule has 2 N–H and O–H groups in total. The van der Waals surface area contributed by atoms with Crippen LogP contribution in [-0.4, -0.2) is 44.2 Å². The Morgan fingerprint density at radius 1 is 1.09 bits per heavy atom. The van der Waals surface area contributed by atoms with Crippen LogP contribution in [0.25, 0.3) is 0 Å². The summed E-state index contributed by atoms with van der Waals surface area (Å²) in [6.07, 6.45) is 3.82. The first kappa shape index (κ1) is 22.3. The summed E-state index contributed by atoms with van der Waals surface area (Å²) in [5.41, 5.74) is 2.94. The second-order valence-corrected chi connectivity index (χ2v) is 10.1. The lowest BCUT2D eigenvalue weighted by atomic mass is 10.0. The average molecular weight is 458 g/mol. The number of hydrogen-bond acceptors (Lipinski definition) is 5. The van der Waals surface area contributed by atoms with E-state index < -0.39 is 10.0 Å². The van der Waals surface area contributed by atoms with Crippen LogP contribution in [-0.2, 0) is 26.0 Å². The predicted molar refractivity (Wildman–Crippen MR) is 121 cm³/mol. The molecule has 0 aliphatic carbocycles. The standard InChI is InChI=1S/C23H27N3O5S/c1-16-5-8-19(32(29,30)26-11-3-2-4-12-26)14-21(16)25-23(28)15-31-18-7-9-20-17(13-18)6-10-22(27)24-20/h5,7-9,13-14H,2-4,6,10-12,15H2,1H3,(H,24,27)(H,25,28). The molecule has 4 rings (SSSR count). The van der Waals surface area contributed by atoms with Gasteiger partial charge >= 0.3 is 0 Å². The number of rotatable bonds is 6. The molecule has 0 radical (unpaired) electrons. The van der Waals surface area contributed by atoms with E-state index in [1.807, 2.05) is 13.0 Å². The molecule has 0 spiro atoms. The third kappa shape index (κ3) is 4.94. The van der Waals surface area contributed by atoms with E-state index in [1.165, 1.54) is 10.4 Å². The number of nitrogens with zero attached hydrogens (tertiary/aromatic N) is 1. The summed E-state index contributed by atoms with van der Waals surface area (Å²) in [6.45, 7) is 2.64. The summed E-state index contributed by atoms with van der Waals surface area (Å²) in [6, 6.07) is 10.1. The molecule has 0 unspecified atom stereocenters. The zero-order valence-electron chi connectivity index (χ0n) is 18.0. The first-order chi connectivity index (χ1) is 15.3. The number of benzene rings is 2. The highest BCUT2D eigenvalue weighted by molar-refractivity contribution is 7.89. The van der Waals surface area contributed by atoms with Crippen molar-refractivity contribution in [2.75, 3.05) is 30.3 Å². The summed E-state index contributed by atoms with van der Waals surface area (Å²) in [5.74, 6) is 0.144. The Hall–Kier alpha value is -2.91. The van der Waals surface area contributed by atoms with Gasteiger partial charge in [0.05, 0.1) is 4.90 Å². The minimum Gasteiger partial charge on any atom is -0.484 e. The molecule has 1 fully saturated rings. The predicted octanol–water partition coefficient (Wildman–Crippen LogP) is 3.07. The molecular formula is C23H27N3O5S. The molecule has 0 bridgehead atoms. The Morgan fingerprint density at radius 3 is 2.66 bits per heavy atom. The number of sulfonamides is 1. The molecule has 2 amide bonds. The molecule has 32 heavy (non-hydrogen) atoms. The molecule has 170 valence electrons. The minimum atomic E-state index is -3.58. The normalized spacial score (nSPS) is 16.7. The van der Waals surface area contributed by atoms with E-state index in [4.69, 9.17) is 4.74 Å². The maximum atomic E-state index is 12.9. The van der Waals surface area contributed by atoms with Gasteiger partial charge in [0.15, 0.2) is 6.61 Å². The van der Waals surface area contributed by atoms with E-state index in [2.05, 4.69) is 10.6 Å². The van der Waals surface area contributed by atoms with Crippen molar-refractivity contribution in [2.45, 2.75) is 43.9 Å². The highest BCUT2D eigenvalue weighted by Gasteiger charge is 2.26. The van der Waals surface area contributed by atoms with Crippen LogP contribution in [0.2, 0.25) is 0 Å². The van der Waals surface area contributed by atoms with E-state index >= 15 is 0 Å². The molecule has 2 aliphatic rings. The Balaban J connectivity index is 1.41. The quantitative estimate of drug-likeness (QED) is 0.694. The Bertz CT molecular complexity index is 1140. The zero-order chi connectivity index (χ0) is 22.7. The number of piperidine rings is 1. The highest BCUT2D eigenvalue weighted by Crippen LogP contribution is 2.27. The van der Waals surface area contributed by atoms with Crippen molar-refractivity contribution < 1.29 is 22.7 Å². The molecule has 2 aromatic carbocycles. The lowest BCUT2D eigenvalue weighted by Crippen LogP contribution is -2.35. The van der Waals surface area contributed by atoms with E-state index in [1.54, 1.807) is 24.3 Å². The van der Waals surface area contributed by atoms with Crippen LogP contribution >= 0.6 is 0 Å². The lowest BCUT2D eigenvalue weighted by Gasteiger charge is -2.26. The fourth-order valence-corrected chi connectivity index (χ4v) is 5.48. The molecule has 2 aliphatic heterocycles. The van der Waals surface area contributed by atoms with Crippen LogP contribution in [0.4, 0.5) is 11.4 Å². The number of hydrogen-bond donors (Lipinski definition) is 2. The Morgan fingerprint density at radius 2 is 1.88 bits per heavy atom. The number of amides is 2. The van der Waals surface area contributed by atoms with E-state index in [0.717, 1.165) is 36.1 Å². The third-order valence-corrected chi connectivity index (χ3v) is 7.67. The molecule has 0 aromatic heterocycles. The first-order valence-electron chi connectivity index (χ1n) is 10.8. The van der Waals surface area contributed by atoms with Gasteiger partial charge in [-0.3, -0.25) is 9.59 Å². The van der Waals surface area contributed by atoms with Crippen molar-refractivity contribution in [2.24, 2.45) is 0 Å². The summed E-state index contributed by atoms with van der Waals surface area (Å²) >= 11 is 0. The van der Waals surface area contributed by atoms with Gasteiger partial charge in [0.2, 0.25) is 15.9 Å². The molecule has 2 aromatic rings. The van der Waals surface area contributed by atoms with Gasteiger partial charge in [0, 0.05) is 30.9 Å². The minimum absolute atomic E-state index is 0.00885. The van der Waals surface area contributed by atoms with Gasteiger partial charge in [0.1, 0.15) is 5.75 Å². The van der Waals surface area contributed by atoms with Crippen LogP contribution in [0, 0.1) is 6.92 Å². The number of aryl methyl sites for hydroxylation is 2. The summed E-state index contributed by atoms with van der Waals surface area (Å²) in [4.78, 5) is 24.1. The van der Waals surface area contributed by atoms with Gasteiger partial charge < -0.3 is 15.4 Å². The monoisotopic (exact) mass is 457 g/mol. The summed E-state index contributed by atoms with van der Waals surface area (Å²) in [7, 11) is -3.58. The van der Waals surface area contributed by atoms with Gasteiger partial charge in [-0.2, -0.15) is 4.31 Å². The van der Waals surface area contributed by atoms with Gasteiger partial charge in [0.25, 0.3) is 5.91 Å². The van der Waals surface area contributed by atoms with Crippen molar-refractivity contribution in [3.05, 3.63) is 47.5 Å². The van der Waals surface area contributed by atoms with Crippen LogP contribution in [0.15, 0.2) is 41.3 Å². The number of carbonyl (C=O) groups excluding carboxylic acids is 2. The number of fused-ring (bicyclic) bond motifs is 1. The van der Waals surface area contributed by atoms with E-state index in [0.29, 0.717) is 37.4 Å². The van der Waals surface area contributed by atoms with E-state index in [-0.39, 0.29) is 23.3 Å². The topological polar surface area (TPSA) is 105 Å². The van der Waals surface area contributed by atoms with Crippen molar-refractivity contribution in [1.82, 2.24) is 4.31 Å². The van der Waals surface area contributed by atoms with Crippen LogP contribution in [0.1, 0.15) is 36.8 Å². The highest BCUT2D eigenvalue weighted by atomic mass is 32.2. The first-order valence-corrected chi connectivity index (χ1v) is 12.2. The Kier molecular flexibility index (Phi) is 6.48. The average Bonchev–Trinajstić information content (AvgIpc) is 2.79. The lowest BCUT2D eigenvalue weighted by molar-refractivity contribution is -0.118. The van der Waals surface area contributed by atoms with Crippen molar-refractivity contribution >= 4 is 33.2 Å². The van der Waals surface area contributed by atoms with E-state index in [9.17, 15) is 18.0 Å². The third-order valence-electron chi connectivity index (χ3n) is 5.78. The molecular weight excluding hydrogens is 430 g/mol. The van der Waals surface area contributed by atoms with Crippen molar-refractivity contribution in [3.63, 3.8) is 0 Å². The molecule has 0 saturated carbocycles. The van der Waals surface area contributed by atoms with Gasteiger partial charge in [-0.1, -0.05) is 12.5 Å². The van der Waals surface area contributed by atoms with Crippen LogP contribution in [0.3, 0.4) is 0 Å². The maximum Gasteiger partial charge on any atom is 0.262 e. The smallest absolute Gasteiger partial charge is 0.262 e. The van der Waals surface area contributed by atoms with Crippen LogP contribution in [0.5, 0.6) is 5.75 Å². The zero-order valence-corrected chi connectivity index (χ0v) is 18.8. The summed E-state index contributed by atoms with van der Waals surface area (Å²) < 4.78 is 33.0.